The molecule has 12 heavy (non-hydrogen) atoms. The molecule has 0 N–H and O–H groups in total. The molecule has 0 radical (unpaired) electrons. The number of carbonyl (C=O) groups excluding carboxylic acids is 1. The first kappa shape index (κ1) is 9.10. The van der Waals surface area contributed by atoms with E-state index in [0.717, 1.165) is 19.3 Å². The van der Waals surface area contributed by atoms with Crippen LogP contribution in [0, 0.1) is 0 Å². The standard InChI is InChI=1S/C9H14O3/c1-2-3-4-5-12-9-7-11-6-8(9)10/h7H,2-6H2,1H3. The number of Topliss-reactive ketones (excluding diaryl/α,β-unsaturated/α-hetero) is 1. The molecule has 0 spiro atoms. The minimum absolute atomic E-state index is 0.0495. The fourth-order valence-corrected chi connectivity index (χ4v) is 0.979. The SMILES string of the molecule is CCCCCOC1=COCC1=O. The average molecular weight is 170 g/mol. The molecule has 0 aromatic rings. The topological polar surface area (TPSA) is 35.5 Å². The molecular formula is C9H14O3. The van der Waals surface area contributed by atoms with Crippen LogP contribution >= 0.6 is 0 Å². The molecule has 0 unspecified atom stereocenters. The van der Waals surface area contributed by atoms with Crippen LogP contribution in [0.3, 0.4) is 0 Å². The van der Waals surface area contributed by atoms with Gasteiger partial charge < -0.3 is 9.47 Å². The van der Waals surface area contributed by atoms with Crippen LogP contribution < -0.4 is 0 Å². The first-order chi connectivity index (χ1) is 5.84. The summed E-state index contributed by atoms with van der Waals surface area (Å²) in [5.74, 6) is 0.331. The molecule has 3 heteroatoms. The minimum Gasteiger partial charge on any atom is -0.489 e. The molecule has 0 aliphatic carbocycles. The van der Waals surface area contributed by atoms with Gasteiger partial charge in [-0.25, -0.2) is 0 Å². The lowest BCUT2D eigenvalue weighted by atomic mass is 10.3. The Morgan fingerprint density at radius 3 is 3.00 bits per heavy atom. The number of rotatable bonds is 5. The van der Waals surface area contributed by atoms with Gasteiger partial charge in [0.1, 0.15) is 6.26 Å². The van der Waals surface area contributed by atoms with Crippen LogP contribution in [-0.2, 0) is 14.3 Å². The van der Waals surface area contributed by atoms with E-state index in [0.29, 0.717) is 12.4 Å². The second-order valence-corrected chi connectivity index (χ2v) is 2.77. The zero-order valence-electron chi connectivity index (χ0n) is 7.34. The van der Waals surface area contributed by atoms with E-state index >= 15 is 0 Å². The van der Waals surface area contributed by atoms with Crippen molar-refractivity contribution in [3.63, 3.8) is 0 Å². The molecule has 1 heterocycles. The second-order valence-electron chi connectivity index (χ2n) is 2.77. The molecule has 1 aliphatic rings. The first-order valence-corrected chi connectivity index (χ1v) is 4.32. The highest BCUT2D eigenvalue weighted by Crippen LogP contribution is 2.08. The Balaban J connectivity index is 2.10. The molecule has 0 bridgehead atoms. The van der Waals surface area contributed by atoms with Gasteiger partial charge in [0.2, 0.25) is 11.5 Å². The molecule has 0 aromatic carbocycles. The normalized spacial score (nSPS) is 15.8. The number of ether oxygens (including phenoxy) is 2. The van der Waals surface area contributed by atoms with Crippen molar-refractivity contribution in [2.24, 2.45) is 0 Å². The van der Waals surface area contributed by atoms with Crippen molar-refractivity contribution >= 4 is 5.78 Å². The van der Waals surface area contributed by atoms with Gasteiger partial charge in [-0.1, -0.05) is 19.8 Å². The van der Waals surface area contributed by atoms with Gasteiger partial charge in [-0.3, -0.25) is 4.79 Å². The van der Waals surface area contributed by atoms with Crippen LogP contribution in [0.5, 0.6) is 0 Å². The van der Waals surface area contributed by atoms with Gasteiger partial charge in [0.15, 0.2) is 6.61 Å². The van der Waals surface area contributed by atoms with Gasteiger partial charge >= 0.3 is 0 Å². The number of hydrogen-bond acceptors (Lipinski definition) is 3. The Labute approximate surface area is 72.4 Å². The predicted octanol–water partition coefficient (Wildman–Crippen LogP) is 1.63. The highest BCUT2D eigenvalue weighted by Gasteiger charge is 2.17. The summed E-state index contributed by atoms with van der Waals surface area (Å²) in [5.41, 5.74) is 0. The smallest absolute Gasteiger partial charge is 0.237 e. The minimum atomic E-state index is -0.0495. The summed E-state index contributed by atoms with van der Waals surface area (Å²) in [4.78, 5) is 10.9. The summed E-state index contributed by atoms with van der Waals surface area (Å²) in [6, 6.07) is 0. The highest BCUT2D eigenvalue weighted by molar-refractivity contribution is 5.95. The third-order valence-corrected chi connectivity index (χ3v) is 1.69. The van der Waals surface area contributed by atoms with E-state index in [-0.39, 0.29) is 12.4 Å². The third kappa shape index (κ3) is 2.57. The van der Waals surface area contributed by atoms with Crippen molar-refractivity contribution in [2.45, 2.75) is 26.2 Å². The van der Waals surface area contributed by atoms with Crippen molar-refractivity contribution in [1.82, 2.24) is 0 Å². The van der Waals surface area contributed by atoms with E-state index in [4.69, 9.17) is 9.47 Å². The summed E-state index contributed by atoms with van der Waals surface area (Å²) in [7, 11) is 0. The summed E-state index contributed by atoms with van der Waals surface area (Å²) in [6.07, 6.45) is 4.70. The second kappa shape index (κ2) is 4.80. The molecule has 1 rings (SSSR count). The molecular weight excluding hydrogens is 156 g/mol. The molecule has 68 valence electrons. The largest absolute Gasteiger partial charge is 0.489 e. The zero-order chi connectivity index (χ0) is 8.81. The van der Waals surface area contributed by atoms with E-state index in [2.05, 4.69) is 6.92 Å². The van der Waals surface area contributed by atoms with Gasteiger partial charge in [-0.05, 0) is 6.42 Å². The van der Waals surface area contributed by atoms with Crippen LogP contribution in [-0.4, -0.2) is 19.0 Å². The van der Waals surface area contributed by atoms with Gasteiger partial charge in [-0.15, -0.1) is 0 Å². The van der Waals surface area contributed by atoms with Crippen molar-refractivity contribution < 1.29 is 14.3 Å². The van der Waals surface area contributed by atoms with Crippen molar-refractivity contribution in [3.05, 3.63) is 12.0 Å². The van der Waals surface area contributed by atoms with Crippen LogP contribution in [0.25, 0.3) is 0 Å². The lowest BCUT2D eigenvalue weighted by Crippen LogP contribution is -2.05. The van der Waals surface area contributed by atoms with Crippen LogP contribution in [0.4, 0.5) is 0 Å². The maximum absolute atomic E-state index is 10.9. The molecule has 0 aromatic heterocycles. The maximum atomic E-state index is 10.9. The van der Waals surface area contributed by atoms with E-state index in [1.807, 2.05) is 0 Å². The fraction of sp³-hybridized carbons (Fsp3) is 0.667. The molecule has 0 fully saturated rings. The Morgan fingerprint density at radius 1 is 1.58 bits per heavy atom. The van der Waals surface area contributed by atoms with Crippen LogP contribution in [0.15, 0.2) is 12.0 Å². The Morgan fingerprint density at radius 2 is 2.42 bits per heavy atom. The van der Waals surface area contributed by atoms with Crippen molar-refractivity contribution in [3.8, 4) is 0 Å². The number of hydrogen-bond donors (Lipinski definition) is 0. The predicted molar refractivity (Wildman–Crippen MR) is 44.5 cm³/mol. The number of ketones is 1. The quantitative estimate of drug-likeness (QED) is 0.588. The molecule has 0 atom stereocenters. The van der Waals surface area contributed by atoms with Gasteiger partial charge in [0.25, 0.3) is 0 Å². The maximum Gasteiger partial charge on any atom is 0.237 e. The molecule has 0 amide bonds. The van der Waals surface area contributed by atoms with E-state index < -0.39 is 0 Å². The summed E-state index contributed by atoms with van der Waals surface area (Å²) >= 11 is 0. The van der Waals surface area contributed by atoms with E-state index in [1.165, 1.54) is 6.26 Å². The molecule has 1 aliphatic heterocycles. The molecule has 0 saturated heterocycles. The lowest BCUT2D eigenvalue weighted by molar-refractivity contribution is -0.119. The van der Waals surface area contributed by atoms with Gasteiger partial charge in [0, 0.05) is 0 Å². The Hall–Kier alpha value is -0.990. The summed E-state index contributed by atoms with van der Waals surface area (Å²) in [6.45, 7) is 2.89. The monoisotopic (exact) mass is 170 g/mol. The van der Waals surface area contributed by atoms with Crippen molar-refractivity contribution in [1.29, 1.82) is 0 Å². The first-order valence-electron chi connectivity index (χ1n) is 4.32. The van der Waals surface area contributed by atoms with E-state index in [1.54, 1.807) is 0 Å². The Kier molecular flexibility index (Phi) is 3.64. The average Bonchev–Trinajstić information content (AvgIpc) is 2.46. The number of carbonyl (C=O) groups is 1. The summed E-state index contributed by atoms with van der Waals surface area (Å²) < 4.78 is 9.99. The Bertz CT molecular complexity index is 184. The lowest BCUT2D eigenvalue weighted by Gasteiger charge is -2.02. The highest BCUT2D eigenvalue weighted by atomic mass is 16.5. The zero-order valence-corrected chi connectivity index (χ0v) is 7.34. The number of unbranched alkanes of at least 4 members (excludes halogenated alkanes) is 2. The van der Waals surface area contributed by atoms with Gasteiger partial charge in [-0.2, -0.15) is 0 Å². The van der Waals surface area contributed by atoms with E-state index in [9.17, 15) is 4.79 Å². The molecule has 0 saturated carbocycles. The third-order valence-electron chi connectivity index (χ3n) is 1.69. The van der Waals surface area contributed by atoms with Crippen LogP contribution in [0.2, 0.25) is 0 Å². The summed E-state index contributed by atoms with van der Waals surface area (Å²) in [5, 5.41) is 0. The van der Waals surface area contributed by atoms with Crippen molar-refractivity contribution in [2.75, 3.05) is 13.2 Å². The fourth-order valence-electron chi connectivity index (χ4n) is 0.979. The van der Waals surface area contributed by atoms with Crippen LogP contribution in [0.1, 0.15) is 26.2 Å². The molecule has 3 nitrogen and oxygen atoms in total. The van der Waals surface area contributed by atoms with Gasteiger partial charge in [0.05, 0.1) is 6.61 Å².